The molecule has 2 heterocycles. The van der Waals surface area contributed by atoms with Gasteiger partial charge in [-0.05, 0) is 37.5 Å². The Morgan fingerprint density at radius 3 is 2.54 bits per heavy atom. The van der Waals surface area contributed by atoms with Crippen LogP contribution >= 0.6 is 11.8 Å². The van der Waals surface area contributed by atoms with Crippen molar-refractivity contribution >= 4 is 17.7 Å². The summed E-state index contributed by atoms with van der Waals surface area (Å²) in [5, 5.41) is 9.24. The average molecular weight is 376 g/mol. The Hall–Kier alpha value is -2.22. The van der Waals surface area contributed by atoms with E-state index in [2.05, 4.69) is 10.2 Å². The summed E-state index contributed by atoms with van der Waals surface area (Å²) in [6.45, 7) is 1.74. The van der Waals surface area contributed by atoms with Crippen LogP contribution in [0.15, 0.2) is 23.4 Å². The first kappa shape index (κ1) is 18.6. The molecule has 1 amide bonds. The summed E-state index contributed by atoms with van der Waals surface area (Å²) < 4.78 is 12.5. The van der Waals surface area contributed by atoms with Crippen molar-refractivity contribution in [2.75, 3.05) is 33.1 Å². The monoisotopic (exact) mass is 376 g/mol. The molecule has 0 N–H and O–H groups in total. The summed E-state index contributed by atoms with van der Waals surface area (Å²) in [5.41, 5.74) is 0.881. The van der Waals surface area contributed by atoms with Crippen molar-refractivity contribution in [2.45, 2.75) is 24.4 Å². The minimum Gasteiger partial charge on any atom is -0.493 e. The number of carbonyl (C=O) groups is 1. The number of thioether (sulfide) groups is 1. The number of rotatable bonds is 6. The number of methoxy groups -OCH3 is 2. The fourth-order valence-electron chi connectivity index (χ4n) is 3.03. The first-order valence-electron chi connectivity index (χ1n) is 8.66. The molecule has 26 heavy (non-hydrogen) atoms. The van der Waals surface area contributed by atoms with Crippen LogP contribution in [-0.4, -0.2) is 58.6 Å². The Bertz CT molecular complexity index is 772. The summed E-state index contributed by atoms with van der Waals surface area (Å²) >= 11 is 1.42. The molecule has 0 aliphatic carbocycles. The van der Waals surface area contributed by atoms with Gasteiger partial charge in [0.05, 0.1) is 20.0 Å². The Kier molecular flexibility index (Phi) is 6.03. The van der Waals surface area contributed by atoms with Gasteiger partial charge < -0.3 is 18.9 Å². The lowest BCUT2D eigenvalue weighted by molar-refractivity contribution is -0.129. The van der Waals surface area contributed by atoms with E-state index in [0.717, 1.165) is 42.5 Å². The molecule has 1 aromatic heterocycles. The van der Waals surface area contributed by atoms with E-state index >= 15 is 0 Å². The minimum atomic E-state index is 0.172. The molecule has 1 aromatic carbocycles. The van der Waals surface area contributed by atoms with E-state index in [1.165, 1.54) is 18.2 Å². The fourth-order valence-corrected chi connectivity index (χ4v) is 3.84. The van der Waals surface area contributed by atoms with Gasteiger partial charge in [0.1, 0.15) is 0 Å². The van der Waals surface area contributed by atoms with E-state index in [1.54, 1.807) is 14.2 Å². The quantitative estimate of drug-likeness (QED) is 0.722. The number of carbonyl (C=O) groups excluding carboxylic acids is 1. The van der Waals surface area contributed by atoms with Gasteiger partial charge in [0.15, 0.2) is 22.5 Å². The second-order valence-electron chi connectivity index (χ2n) is 6.17. The van der Waals surface area contributed by atoms with Gasteiger partial charge in [-0.3, -0.25) is 4.79 Å². The van der Waals surface area contributed by atoms with E-state index < -0.39 is 0 Å². The van der Waals surface area contributed by atoms with Crippen molar-refractivity contribution in [3.63, 3.8) is 0 Å². The van der Waals surface area contributed by atoms with Crippen molar-refractivity contribution in [1.29, 1.82) is 0 Å². The zero-order valence-corrected chi connectivity index (χ0v) is 16.2. The highest BCUT2D eigenvalue weighted by Crippen LogP contribution is 2.32. The van der Waals surface area contributed by atoms with Crippen LogP contribution in [0.1, 0.15) is 19.3 Å². The second kappa shape index (κ2) is 8.44. The molecule has 1 aliphatic heterocycles. The zero-order valence-electron chi connectivity index (χ0n) is 15.4. The van der Waals surface area contributed by atoms with E-state index in [1.807, 2.05) is 34.7 Å². The highest BCUT2D eigenvalue weighted by Gasteiger charge is 2.19. The van der Waals surface area contributed by atoms with E-state index in [4.69, 9.17) is 9.47 Å². The number of benzene rings is 1. The average Bonchev–Trinajstić information content (AvgIpc) is 3.06. The van der Waals surface area contributed by atoms with Crippen LogP contribution in [0.5, 0.6) is 11.5 Å². The summed E-state index contributed by atoms with van der Waals surface area (Å²) in [5.74, 6) is 2.59. The number of nitrogens with zero attached hydrogens (tertiary/aromatic N) is 4. The number of amides is 1. The molecule has 0 radical (unpaired) electrons. The Balaban J connectivity index is 1.70. The molecule has 1 saturated heterocycles. The Morgan fingerprint density at radius 2 is 1.85 bits per heavy atom. The number of hydrogen-bond acceptors (Lipinski definition) is 6. The van der Waals surface area contributed by atoms with Crippen molar-refractivity contribution < 1.29 is 14.3 Å². The van der Waals surface area contributed by atoms with Crippen LogP contribution in [0.25, 0.3) is 11.4 Å². The van der Waals surface area contributed by atoms with Gasteiger partial charge >= 0.3 is 0 Å². The number of likely N-dealkylation sites (tertiary alicyclic amines) is 1. The first-order valence-corrected chi connectivity index (χ1v) is 9.65. The highest BCUT2D eigenvalue weighted by molar-refractivity contribution is 7.99. The van der Waals surface area contributed by atoms with Gasteiger partial charge in [0.2, 0.25) is 5.91 Å². The Morgan fingerprint density at radius 1 is 1.12 bits per heavy atom. The second-order valence-corrected chi connectivity index (χ2v) is 7.11. The molecule has 7 nitrogen and oxygen atoms in total. The maximum atomic E-state index is 12.3. The van der Waals surface area contributed by atoms with Gasteiger partial charge in [-0.2, -0.15) is 0 Å². The Labute approximate surface area is 157 Å². The number of ether oxygens (including phenoxy) is 2. The topological polar surface area (TPSA) is 69.5 Å². The molecule has 3 rings (SSSR count). The molecular formula is C18H24N4O3S. The third-order valence-electron chi connectivity index (χ3n) is 4.51. The van der Waals surface area contributed by atoms with Crippen LogP contribution in [0.2, 0.25) is 0 Å². The number of aromatic nitrogens is 3. The fraction of sp³-hybridized carbons (Fsp3) is 0.500. The van der Waals surface area contributed by atoms with Crippen molar-refractivity contribution in [3.05, 3.63) is 18.2 Å². The van der Waals surface area contributed by atoms with Gasteiger partial charge in [0, 0.05) is 25.7 Å². The normalized spacial score (nSPS) is 14.3. The largest absolute Gasteiger partial charge is 0.493 e. The maximum Gasteiger partial charge on any atom is 0.233 e. The van der Waals surface area contributed by atoms with Gasteiger partial charge in [-0.1, -0.05) is 11.8 Å². The summed E-state index contributed by atoms with van der Waals surface area (Å²) in [4.78, 5) is 14.3. The van der Waals surface area contributed by atoms with Gasteiger partial charge in [0.25, 0.3) is 0 Å². The molecular weight excluding hydrogens is 352 g/mol. The lowest BCUT2D eigenvalue weighted by Gasteiger charge is -2.26. The minimum absolute atomic E-state index is 0.172. The number of piperidine rings is 1. The third kappa shape index (κ3) is 3.95. The van der Waals surface area contributed by atoms with E-state index in [0.29, 0.717) is 17.3 Å². The lowest BCUT2D eigenvalue weighted by atomic mass is 10.1. The zero-order chi connectivity index (χ0) is 18.5. The number of hydrogen-bond donors (Lipinski definition) is 0. The summed E-state index contributed by atoms with van der Waals surface area (Å²) in [6, 6.07) is 5.63. The molecule has 1 fully saturated rings. The standard InChI is InChI=1S/C18H24N4O3S/c1-21-17(13-7-8-14(24-2)15(11-13)25-3)19-20-18(21)26-12-16(23)22-9-5-4-6-10-22/h7-8,11H,4-6,9-10,12H2,1-3H3. The van der Waals surface area contributed by atoms with E-state index in [-0.39, 0.29) is 5.91 Å². The highest BCUT2D eigenvalue weighted by atomic mass is 32.2. The SMILES string of the molecule is COc1ccc(-c2nnc(SCC(=O)N3CCCCC3)n2C)cc1OC. The molecule has 8 heteroatoms. The van der Waals surface area contributed by atoms with Crippen LogP contribution in [0.4, 0.5) is 0 Å². The molecule has 0 atom stereocenters. The van der Waals surface area contributed by atoms with Crippen LogP contribution < -0.4 is 9.47 Å². The summed E-state index contributed by atoms with van der Waals surface area (Å²) in [7, 11) is 5.11. The van der Waals surface area contributed by atoms with Crippen molar-refractivity contribution in [3.8, 4) is 22.9 Å². The smallest absolute Gasteiger partial charge is 0.233 e. The first-order chi connectivity index (χ1) is 12.6. The molecule has 0 spiro atoms. The third-order valence-corrected chi connectivity index (χ3v) is 5.52. The van der Waals surface area contributed by atoms with E-state index in [9.17, 15) is 4.79 Å². The van der Waals surface area contributed by atoms with Crippen LogP contribution in [0, 0.1) is 0 Å². The lowest BCUT2D eigenvalue weighted by Crippen LogP contribution is -2.36. The molecule has 140 valence electrons. The molecule has 1 aliphatic rings. The predicted molar refractivity (Wildman–Crippen MR) is 101 cm³/mol. The van der Waals surface area contributed by atoms with Crippen molar-refractivity contribution in [1.82, 2.24) is 19.7 Å². The maximum absolute atomic E-state index is 12.3. The van der Waals surface area contributed by atoms with Crippen molar-refractivity contribution in [2.24, 2.45) is 7.05 Å². The molecule has 0 saturated carbocycles. The van der Waals surface area contributed by atoms with Gasteiger partial charge in [-0.25, -0.2) is 0 Å². The van der Waals surface area contributed by atoms with Crippen LogP contribution in [-0.2, 0) is 11.8 Å². The molecule has 0 bridgehead atoms. The van der Waals surface area contributed by atoms with Crippen LogP contribution in [0.3, 0.4) is 0 Å². The van der Waals surface area contributed by atoms with Gasteiger partial charge in [-0.15, -0.1) is 10.2 Å². The molecule has 2 aromatic rings. The predicted octanol–water partition coefficient (Wildman–Crippen LogP) is 2.60. The molecule has 0 unspecified atom stereocenters. The summed E-state index contributed by atoms with van der Waals surface area (Å²) in [6.07, 6.45) is 3.42.